The predicted octanol–water partition coefficient (Wildman–Crippen LogP) is -0.380. The maximum atomic E-state index is 12.6. The Bertz CT molecular complexity index is 719. The number of hydrogen-bond donors (Lipinski definition) is 0. The first-order chi connectivity index (χ1) is 10.6. The molecule has 1 atom stereocenters. The quantitative estimate of drug-likeness (QED) is 0.490. The summed E-state index contributed by atoms with van der Waals surface area (Å²) in [6, 6.07) is 3.72. The van der Waals surface area contributed by atoms with Gasteiger partial charge in [-0.2, -0.15) is 0 Å². The van der Waals surface area contributed by atoms with Gasteiger partial charge in [0.25, 0.3) is 0 Å². The fourth-order valence-corrected chi connectivity index (χ4v) is 2.96. The molecule has 0 saturated carbocycles. The molecule has 0 saturated heterocycles. The number of benzene rings is 1. The van der Waals surface area contributed by atoms with E-state index in [1.165, 1.54) is 5.57 Å². The Morgan fingerprint density at radius 3 is 2.52 bits per heavy atom. The fraction of sp³-hybridized carbons (Fsp3) is 0.333. The highest BCUT2D eigenvalue weighted by Gasteiger charge is 2.31. The van der Waals surface area contributed by atoms with E-state index in [1.54, 1.807) is 20.3 Å². The van der Waals surface area contributed by atoms with Crippen LogP contribution in [0.2, 0.25) is 0 Å². The van der Waals surface area contributed by atoms with Crippen LogP contribution in [0.15, 0.2) is 36.1 Å². The van der Waals surface area contributed by atoms with Crippen LogP contribution in [0, 0.1) is 5.92 Å². The first-order valence-electron chi connectivity index (χ1n) is 7.35. The van der Waals surface area contributed by atoms with Crippen LogP contribution in [0.25, 0.3) is 0 Å². The van der Waals surface area contributed by atoms with E-state index in [0.717, 1.165) is 24.0 Å². The van der Waals surface area contributed by atoms with Crippen molar-refractivity contribution in [3.63, 3.8) is 0 Å². The molecule has 1 heterocycles. The van der Waals surface area contributed by atoms with Crippen molar-refractivity contribution >= 4 is 12.0 Å². The third-order valence-corrected chi connectivity index (χ3v) is 4.21. The molecule has 0 N–H and O–H groups in total. The lowest BCUT2D eigenvalue weighted by molar-refractivity contribution is -0.419. The lowest BCUT2D eigenvalue weighted by atomic mass is 9.99. The van der Waals surface area contributed by atoms with Gasteiger partial charge in [0.05, 0.1) is 20.6 Å². The molecule has 0 bridgehead atoms. The van der Waals surface area contributed by atoms with Gasteiger partial charge in [-0.05, 0) is 29.7 Å². The van der Waals surface area contributed by atoms with Crippen molar-refractivity contribution in [3.8, 4) is 11.5 Å². The average molecular weight is 425 g/mol. The van der Waals surface area contributed by atoms with Crippen molar-refractivity contribution in [1.29, 1.82) is 0 Å². The zero-order valence-electron chi connectivity index (χ0n) is 13.5. The number of nitrogens with zero attached hydrogens (tertiary/aromatic N) is 1. The summed E-state index contributed by atoms with van der Waals surface area (Å²) in [5.74, 6) is 1.35. The van der Waals surface area contributed by atoms with Crippen LogP contribution in [0.5, 0.6) is 11.5 Å². The summed E-state index contributed by atoms with van der Waals surface area (Å²) in [6.45, 7) is 0. The molecule has 0 spiro atoms. The molecule has 4 nitrogen and oxygen atoms in total. The molecule has 1 aliphatic carbocycles. The summed E-state index contributed by atoms with van der Waals surface area (Å²) in [7, 11) is 5.20. The van der Waals surface area contributed by atoms with Gasteiger partial charge in [0.15, 0.2) is 23.5 Å². The van der Waals surface area contributed by atoms with Crippen LogP contribution in [0.4, 0.5) is 0 Å². The number of carbonyl (C=O) groups excluding carboxylic acids is 1. The first kappa shape index (κ1) is 17.7. The molecule has 23 heavy (non-hydrogen) atoms. The van der Waals surface area contributed by atoms with Crippen molar-refractivity contribution in [3.05, 3.63) is 47.2 Å². The molecule has 0 radical (unpaired) electrons. The molecule has 1 aromatic rings. The molecule has 0 fully saturated rings. The Morgan fingerprint density at radius 2 is 1.91 bits per heavy atom. The highest BCUT2D eigenvalue weighted by Crippen LogP contribution is 2.37. The number of carbonyl (C=O) groups is 1. The van der Waals surface area contributed by atoms with Gasteiger partial charge in [-0.25, -0.2) is 4.58 Å². The first-order valence-corrected chi connectivity index (χ1v) is 7.35. The van der Waals surface area contributed by atoms with Crippen molar-refractivity contribution in [1.82, 2.24) is 0 Å². The van der Waals surface area contributed by atoms with E-state index in [4.69, 9.17) is 9.47 Å². The summed E-state index contributed by atoms with van der Waals surface area (Å²) in [5, 5.41) is 0. The van der Waals surface area contributed by atoms with Gasteiger partial charge in [-0.1, -0.05) is 6.08 Å². The second-order valence-corrected chi connectivity index (χ2v) is 5.65. The Kier molecular flexibility index (Phi) is 5.62. The number of ketones is 1. The largest absolute Gasteiger partial charge is 1.00 e. The minimum absolute atomic E-state index is 0. The normalized spacial score (nSPS) is 20.8. The number of hydrogen-bond acceptors (Lipinski definition) is 3. The Labute approximate surface area is 153 Å². The third-order valence-electron chi connectivity index (χ3n) is 4.21. The molecular formula is C18H20INO3. The highest BCUT2D eigenvalue weighted by atomic mass is 127. The van der Waals surface area contributed by atoms with E-state index in [1.807, 2.05) is 23.9 Å². The summed E-state index contributed by atoms with van der Waals surface area (Å²) in [6.07, 6.45) is 9.85. The molecule has 0 aromatic heterocycles. The molecule has 5 heteroatoms. The van der Waals surface area contributed by atoms with Crippen molar-refractivity contribution < 1.29 is 42.8 Å². The second-order valence-electron chi connectivity index (χ2n) is 5.65. The number of allylic oxidation sites excluding steroid dienone is 3. The van der Waals surface area contributed by atoms with Gasteiger partial charge in [-0.3, -0.25) is 4.79 Å². The van der Waals surface area contributed by atoms with Gasteiger partial charge >= 0.3 is 0 Å². The number of rotatable bonds is 3. The fourth-order valence-electron chi connectivity index (χ4n) is 2.96. The Balaban J connectivity index is 0.00000192. The van der Waals surface area contributed by atoms with Crippen LogP contribution in [-0.4, -0.2) is 37.8 Å². The Hall–Kier alpha value is -1.63. The van der Waals surface area contributed by atoms with Gasteiger partial charge in [0.2, 0.25) is 0 Å². The van der Waals surface area contributed by atoms with Crippen LogP contribution in [0.1, 0.15) is 22.3 Å². The van der Waals surface area contributed by atoms with Gasteiger partial charge in [0, 0.05) is 17.6 Å². The van der Waals surface area contributed by atoms with Gasteiger partial charge in [0.1, 0.15) is 13.3 Å². The zero-order valence-corrected chi connectivity index (χ0v) is 15.7. The van der Waals surface area contributed by atoms with Crippen molar-refractivity contribution in [2.75, 3.05) is 21.3 Å². The van der Waals surface area contributed by atoms with Crippen LogP contribution in [-0.2, 0) is 6.42 Å². The van der Waals surface area contributed by atoms with E-state index in [0.29, 0.717) is 11.5 Å². The maximum Gasteiger partial charge on any atom is 0.170 e. The number of ether oxygens (including phenoxy) is 2. The SMILES string of the molecule is COc1cc2c(cc1OC)C(=O)C(C=C1C=C[N+](C)=CC1)C2.[I-]. The molecule has 1 aliphatic heterocycles. The van der Waals surface area contributed by atoms with Gasteiger partial charge in [-0.15, -0.1) is 0 Å². The standard InChI is InChI=1S/C18H20NO3.HI/c1-19-6-4-12(5-7-19)8-14-9-13-10-16(21-2)17(22-3)11-15(13)18(14)20;/h4,6-8,10-11,14H,5,9H2,1-3H3;1H/q+1;/p-1. The maximum absolute atomic E-state index is 12.6. The number of halogens is 1. The van der Waals surface area contributed by atoms with E-state index in [-0.39, 0.29) is 35.7 Å². The monoisotopic (exact) mass is 425 g/mol. The smallest absolute Gasteiger partial charge is 0.170 e. The minimum atomic E-state index is -0.0942. The third kappa shape index (κ3) is 3.49. The van der Waals surface area contributed by atoms with E-state index in [9.17, 15) is 4.79 Å². The average Bonchev–Trinajstić information content (AvgIpc) is 2.83. The second kappa shape index (κ2) is 7.29. The molecule has 3 rings (SSSR count). The summed E-state index contributed by atoms with van der Waals surface area (Å²) >= 11 is 0. The molecule has 1 unspecified atom stereocenters. The minimum Gasteiger partial charge on any atom is -1.00 e. The zero-order chi connectivity index (χ0) is 15.7. The van der Waals surface area contributed by atoms with Crippen LogP contribution < -0.4 is 33.5 Å². The molecular weight excluding hydrogens is 405 g/mol. The lowest BCUT2D eigenvalue weighted by Crippen LogP contribution is -3.00. The number of Topliss-reactive ketones (excluding diaryl/α,β-unsaturated/α-hetero) is 1. The van der Waals surface area contributed by atoms with Crippen LogP contribution in [0.3, 0.4) is 0 Å². The van der Waals surface area contributed by atoms with E-state index in [2.05, 4.69) is 18.4 Å². The summed E-state index contributed by atoms with van der Waals surface area (Å²) < 4.78 is 12.6. The summed E-state index contributed by atoms with van der Waals surface area (Å²) in [4.78, 5) is 12.6. The molecule has 2 aliphatic rings. The number of fused-ring (bicyclic) bond motifs is 1. The molecule has 122 valence electrons. The van der Waals surface area contributed by atoms with Crippen molar-refractivity contribution in [2.45, 2.75) is 12.8 Å². The highest BCUT2D eigenvalue weighted by molar-refractivity contribution is 6.04. The Morgan fingerprint density at radius 1 is 1.22 bits per heavy atom. The molecule has 1 aromatic carbocycles. The van der Waals surface area contributed by atoms with E-state index < -0.39 is 0 Å². The van der Waals surface area contributed by atoms with Crippen molar-refractivity contribution in [2.24, 2.45) is 5.92 Å². The van der Waals surface area contributed by atoms with Crippen LogP contribution >= 0.6 is 0 Å². The lowest BCUT2D eigenvalue weighted by Gasteiger charge is -2.09. The topological polar surface area (TPSA) is 38.5 Å². The van der Waals surface area contributed by atoms with Gasteiger partial charge < -0.3 is 33.5 Å². The summed E-state index contributed by atoms with van der Waals surface area (Å²) in [5.41, 5.74) is 2.97. The van der Waals surface area contributed by atoms with E-state index >= 15 is 0 Å². The molecule has 0 amide bonds. The number of methoxy groups -OCH3 is 2. The predicted molar refractivity (Wildman–Crippen MR) is 85.2 cm³/mol.